The fourth-order valence-electron chi connectivity index (χ4n) is 4.35. The number of carbonyl (C=O) groups excluding carboxylic acids is 1. The molecule has 0 saturated carbocycles. The molecule has 0 aliphatic heterocycles. The molecule has 3 heterocycles. The van der Waals surface area contributed by atoms with E-state index >= 15 is 0 Å². The summed E-state index contributed by atoms with van der Waals surface area (Å²) in [6.45, 7) is 4.74. The van der Waals surface area contributed by atoms with Gasteiger partial charge in [-0.3, -0.25) is 9.78 Å². The first-order valence-electron chi connectivity index (χ1n) is 11.9. The predicted octanol–water partition coefficient (Wildman–Crippen LogP) is 5.92. The molecule has 5 rings (SSSR count). The Balaban J connectivity index is 1.62. The maximum Gasteiger partial charge on any atom is 0.256 e. The van der Waals surface area contributed by atoms with Gasteiger partial charge in [0.15, 0.2) is 5.65 Å². The van der Waals surface area contributed by atoms with Gasteiger partial charge < -0.3 is 5.32 Å². The Hall–Kier alpha value is -4.32. The molecule has 6 nitrogen and oxygen atoms in total. The zero-order valence-electron chi connectivity index (χ0n) is 19.9. The number of carbonyl (C=O) groups is 1. The van der Waals surface area contributed by atoms with E-state index in [2.05, 4.69) is 47.4 Å². The van der Waals surface area contributed by atoms with Crippen LogP contribution in [-0.4, -0.2) is 25.7 Å². The van der Waals surface area contributed by atoms with Crippen molar-refractivity contribution >= 4 is 22.6 Å². The predicted molar refractivity (Wildman–Crippen MR) is 139 cm³/mol. The van der Waals surface area contributed by atoms with Crippen molar-refractivity contribution in [1.82, 2.24) is 19.7 Å². The van der Waals surface area contributed by atoms with Gasteiger partial charge in [0.25, 0.3) is 5.91 Å². The molecule has 174 valence electrons. The average Bonchev–Trinajstić information content (AvgIpc) is 3.31. The van der Waals surface area contributed by atoms with Crippen LogP contribution in [-0.2, 0) is 19.4 Å². The normalized spacial score (nSPS) is 11.0. The van der Waals surface area contributed by atoms with Crippen molar-refractivity contribution in [1.29, 1.82) is 0 Å². The first-order valence-corrected chi connectivity index (χ1v) is 11.9. The number of nitrogens with zero attached hydrogens (tertiary/aromatic N) is 4. The highest BCUT2D eigenvalue weighted by atomic mass is 16.1. The molecule has 2 aromatic carbocycles. The van der Waals surface area contributed by atoms with Crippen LogP contribution in [0, 0.1) is 0 Å². The maximum absolute atomic E-state index is 13.7. The van der Waals surface area contributed by atoms with Crippen LogP contribution in [0.4, 0.5) is 5.69 Å². The van der Waals surface area contributed by atoms with Gasteiger partial charge in [-0.1, -0.05) is 62.4 Å². The molecule has 0 radical (unpaired) electrons. The molecule has 35 heavy (non-hydrogen) atoms. The van der Waals surface area contributed by atoms with E-state index < -0.39 is 0 Å². The van der Waals surface area contributed by atoms with Crippen molar-refractivity contribution in [3.05, 3.63) is 108 Å². The number of pyridine rings is 2. The second-order valence-electron chi connectivity index (χ2n) is 8.43. The number of aromatic nitrogens is 4. The molecule has 5 aromatic rings. The third kappa shape index (κ3) is 4.55. The lowest BCUT2D eigenvalue weighted by atomic mass is 10.0. The minimum Gasteiger partial charge on any atom is -0.321 e. The molecule has 6 heteroatoms. The summed E-state index contributed by atoms with van der Waals surface area (Å²) < 4.78 is 1.84. The lowest BCUT2D eigenvalue weighted by Crippen LogP contribution is -2.16. The zero-order valence-corrected chi connectivity index (χ0v) is 19.9. The fraction of sp³-hybridized carbons (Fsp3) is 0.172. The van der Waals surface area contributed by atoms with Gasteiger partial charge in [-0.05, 0) is 47.7 Å². The number of aryl methyl sites for hydroxylation is 2. The monoisotopic (exact) mass is 461 g/mol. The van der Waals surface area contributed by atoms with Gasteiger partial charge in [-0.15, -0.1) is 0 Å². The molecule has 0 aliphatic rings. The number of rotatable bonds is 7. The topological polar surface area (TPSA) is 72.7 Å². The van der Waals surface area contributed by atoms with Crippen molar-refractivity contribution in [2.45, 2.75) is 33.2 Å². The molecule has 0 fully saturated rings. The van der Waals surface area contributed by atoms with E-state index in [0.717, 1.165) is 51.9 Å². The number of fused-ring (bicyclic) bond motifs is 1. The molecule has 0 bridgehead atoms. The van der Waals surface area contributed by atoms with Gasteiger partial charge in [0.2, 0.25) is 0 Å². The van der Waals surface area contributed by atoms with Gasteiger partial charge in [0.05, 0.1) is 29.4 Å². The molecule has 1 N–H and O–H groups in total. The van der Waals surface area contributed by atoms with Gasteiger partial charge >= 0.3 is 0 Å². The van der Waals surface area contributed by atoms with Crippen molar-refractivity contribution in [3.8, 4) is 11.3 Å². The van der Waals surface area contributed by atoms with Crippen molar-refractivity contribution in [3.63, 3.8) is 0 Å². The molecule has 0 spiro atoms. The molecule has 0 aliphatic carbocycles. The van der Waals surface area contributed by atoms with Gasteiger partial charge in [0.1, 0.15) is 0 Å². The molecular weight excluding hydrogens is 434 g/mol. The smallest absolute Gasteiger partial charge is 0.256 e. The summed E-state index contributed by atoms with van der Waals surface area (Å²) in [5.41, 5.74) is 7.13. The van der Waals surface area contributed by atoms with E-state index in [4.69, 9.17) is 4.98 Å². The van der Waals surface area contributed by atoms with Gasteiger partial charge in [-0.2, -0.15) is 5.10 Å². The van der Waals surface area contributed by atoms with E-state index in [9.17, 15) is 4.79 Å². The Kier molecular flexibility index (Phi) is 6.35. The molecule has 0 saturated heterocycles. The van der Waals surface area contributed by atoms with E-state index in [-0.39, 0.29) is 5.91 Å². The molecule has 3 aromatic heterocycles. The number of benzene rings is 2. The minimum absolute atomic E-state index is 0.159. The Bertz CT molecular complexity index is 1450. The summed E-state index contributed by atoms with van der Waals surface area (Å²) >= 11 is 0. The minimum atomic E-state index is -0.159. The van der Waals surface area contributed by atoms with E-state index in [1.54, 1.807) is 18.6 Å². The molecule has 1 amide bonds. The summed E-state index contributed by atoms with van der Waals surface area (Å²) in [5.74, 6) is -0.159. The Morgan fingerprint density at radius 2 is 1.63 bits per heavy atom. The number of para-hydroxylation sites is 1. The highest BCUT2D eigenvalue weighted by molar-refractivity contribution is 6.13. The third-order valence-corrected chi connectivity index (χ3v) is 6.24. The standard InChI is InChI=1S/C29H27N5O/c1-3-21-11-8-12-22(4-2)27(21)33-29(35)24-17-26(23-9-6-5-7-10-23)32-28-25(24)18-31-34(28)19-20-13-15-30-16-14-20/h5-18H,3-4,19H2,1-2H3,(H,33,35). The van der Waals surface area contributed by atoms with Crippen LogP contribution in [0.2, 0.25) is 0 Å². The van der Waals surface area contributed by atoms with Crippen LogP contribution in [0.5, 0.6) is 0 Å². The van der Waals surface area contributed by atoms with E-state index in [1.807, 2.05) is 53.2 Å². The molecule has 0 unspecified atom stereocenters. The number of anilines is 1. The maximum atomic E-state index is 13.7. The van der Waals surface area contributed by atoms with Crippen molar-refractivity contribution in [2.75, 3.05) is 5.32 Å². The summed E-state index contributed by atoms with van der Waals surface area (Å²) in [5, 5.41) is 8.54. The Labute approximate surface area is 204 Å². The summed E-state index contributed by atoms with van der Waals surface area (Å²) in [6.07, 6.45) is 6.95. The van der Waals surface area contributed by atoms with Crippen LogP contribution < -0.4 is 5.32 Å². The Morgan fingerprint density at radius 3 is 2.31 bits per heavy atom. The second-order valence-corrected chi connectivity index (χ2v) is 8.43. The van der Waals surface area contributed by atoms with E-state index in [0.29, 0.717) is 17.8 Å². The summed E-state index contributed by atoms with van der Waals surface area (Å²) in [4.78, 5) is 22.8. The van der Waals surface area contributed by atoms with Gasteiger partial charge in [-0.25, -0.2) is 9.67 Å². The first-order chi connectivity index (χ1) is 17.2. The average molecular weight is 462 g/mol. The van der Waals surface area contributed by atoms with Crippen LogP contribution in [0.15, 0.2) is 85.3 Å². The van der Waals surface area contributed by atoms with Crippen LogP contribution in [0.25, 0.3) is 22.3 Å². The SMILES string of the molecule is CCc1cccc(CC)c1NC(=O)c1cc(-c2ccccc2)nc2c1cnn2Cc1ccncc1. The van der Waals surface area contributed by atoms with Crippen molar-refractivity contribution < 1.29 is 4.79 Å². The summed E-state index contributed by atoms with van der Waals surface area (Å²) in [7, 11) is 0. The number of amides is 1. The molecule has 0 atom stereocenters. The van der Waals surface area contributed by atoms with Crippen LogP contribution in [0.1, 0.15) is 40.9 Å². The third-order valence-electron chi connectivity index (χ3n) is 6.24. The second kappa shape index (κ2) is 9.89. The lowest BCUT2D eigenvalue weighted by molar-refractivity contribution is 0.102. The molecular formula is C29H27N5O. The lowest BCUT2D eigenvalue weighted by Gasteiger charge is -2.15. The van der Waals surface area contributed by atoms with E-state index in [1.165, 1.54) is 0 Å². The summed E-state index contributed by atoms with van der Waals surface area (Å²) in [6, 6.07) is 21.9. The fourth-order valence-corrected chi connectivity index (χ4v) is 4.35. The van der Waals surface area contributed by atoms with Gasteiger partial charge in [0, 0.05) is 23.6 Å². The zero-order chi connectivity index (χ0) is 24.2. The number of hydrogen-bond acceptors (Lipinski definition) is 4. The Morgan fingerprint density at radius 1 is 0.914 bits per heavy atom. The number of hydrogen-bond donors (Lipinski definition) is 1. The number of nitrogens with one attached hydrogen (secondary N) is 1. The highest BCUT2D eigenvalue weighted by Crippen LogP contribution is 2.28. The first kappa shape index (κ1) is 22.5. The van der Waals surface area contributed by atoms with Crippen molar-refractivity contribution in [2.24, 2.45) is 0 Å². The quantitative estimate of drug-likeness (QED) is 0.327. The largest absolute Gasteiger partial charge is 0.321 e. The van der Waals surface area contributed by atoms with Crippen LogP contribution in [0.3, 0.4) is 0 Å². The van der Waals surface area contributed by atoms with Crippen LogP contribution >= 0.6 is 0 Å². The highest BCUT2D eigenvalue weighted by Gasteiger charge is 2.19.